The summed E-state index contributed by atoms with van der Waals surface area (Å²) in [6.07, 6.45) is 0. The quantitative estimate of drug-likeness (QED) is 0.861. The molecule has 1 aromatic heterocycles. The monoisotopic (exact) mass is 230 g/mol. The molecule has 0 unspecified atom stereocenters. The zero-order valence-corrected chi connectivity index (χ0v) is 10.1. The molecule has 0 radical (unpaired) electrons. The van der Waals surface area contributed by atoms with Gasteiger partial charge in [-0.2, -0.15) is 0 Å². The summed E-state index contributed by atoms with van der Waals surface area (Å²) in [5.74, 6) is 0.705. The molecule has 1 N–H and O–H groups in total. The van der Waals surface area contributed by atoms with Gasteiger partial charge in [0.25, 0.3) is 0 Å². The highest BCUT2D eigenvalue weighted by Gasteiger charge is 2.04. The van der Waals surface area contributed by atoms with Gasteiger partial charge in [0.15, 0.2) is 0 Å². The number of nitrogens with zero attached hydrogens (tertiary/aromatic N) is 2. The average molecular weight is 230 g/mol. The molecule has 1 heterocycles. The van der Waals surface area contributed by atoms with Gasteiger partial charge in [0.05, 0.1) is 0 Å². The molecule has 0 saturated carbocycles. The number of rotatable bonds is 2. The molecular weight excluding hydrogens is 216 g/mol. The van der Waals surface area contributed by atoms with E-state index in [1.807, 2.05) is 32.9 Å². The summed E-state index contributed by atoms with van der Waals surface area (Å²) in [6.45, 7) is 5.65. The van der Waals surface area contributed by atoms with E-state index in [0.29, 0.717) is 11.8 Å². The number of phenolic OH excluding ortho intramolecular Hbond substituents is 1. The van der Waals surface area contributed by atoms with Crippen LogP contribution in [-0.4, -0.2) is 15.1 Å². The average Bonchev–Trinajstić information content (AvgIpc) is 2.13. The lowest BCUT2D eigenvalue weighted by Crippen LogP contribution is -1.95. The van der Waals surface area contributed by atoms with Crippen molar-refractivity contribution >= 4 is 0 Å². The minimum absolute atomic E-state index is 0.171. The van der Waals surface area contributed by atoms with Gasteiger partial charge in [-0.25, -0.2) is 9.97 Å². The second-order valence-electron chi connectivity index (χ2n) is 4.04. The first-order chi connectivity index (χ1) is 8.02. The Morgan fingerprint density at radius 1 is 0.941 bits per heavy atom. The van der Waals surface area contributed by atoms with Crippen molar-refractivity contribution < 1.29 is 9.84 Å². The first kappa shape index (κ1) is 11.4. The summed E-state index contributed by atoms with van der Waals surface area (Å²) >= 11 is 0. The van der Waals surface area contributed by atoms with Gasteiger partial charge in [-0.3, -0.25) is 0 Å². The number of hydrogen-bond donors (Lipinski definition) is 1. The van der Waals surface area contributed by atoms with Crippen molar-refractivity contribution in [3.8, 4) is 17.5 Å². The normalized spacial score (nSPS) is 10.3. The third kappa shape index (κ3) is 2.93. The largest absolute Gasteiger partial charge is 0.508 e. The van der Waals surface area contributed by atoms with Crippen molar-refractivity contribution in [3.63, 3.8) is 0 Å². The predicted octanol–water partition coefficient (Wildman–Crippen LogP) is 2.90. The van der Waals surface area contributed by atoms with Gasteiger partial charge in [0.1, 0.15) is 11.5 Å². The van der Waals surface area contributed by atoms with Crippen molar-refractivity contribution in [3.05, 3.63) is 41.2 Å². The highest BCUT2D eigenvalue weighted by molar-refractivity contribution is 5.38. The molecule has 0 fully saturated rings. The fraction of sp³-hybridized carbons (Fsp3) is 0.231. The van der Waals surface area contributed by atoms with Crippen molar-refractivity contribution in [1.29, 1.82) is 0 Å². The molecular formula is C13H14N2O2. The summed E-state index contributed by atoms with van der Waals surface area (Å²) in [5.41, 5.74) is 2.62. The van der Waals surface area contributed by atoms with Crippen LogP contribution in [0.3, 0.4) is 0 Å². The second kappa shape index (κ2) is 4.41. The number of ether oxygens (including phenoxy) is 1. The van der Waals surface area contributed by atoms with E-state index in [1.54, 1.807) is 6.07 Å². The summed E-state index contributed by atoms with van der Waals surface area (Å²) in [4.78, 5) is 8.35. The molecule has 17 heavy (non-hydrogen) atoms. The highest BCUT2D eigenvalue weighted by Crippen LogP contribution is 2.24. The summed E-state index contributed by atoms with van der Waals surface area (Å²) < 4.78 is 5.52. The fourth-order valence-corrected chi connectivity index (χ4v) is 1.63. The van der Waals surface area contributed by atoms with Gasteiger partial charge in [0.2, 0.25) is 0 Å². The zero-order chi connectivity index (χ0) is 12.4. The van der Waals surface area contributed by atoms with E-state index in [2.05, 4.69) is 9.97 Å². The molecule has 0 aliphatic carbocycles. The standard InChI is InChI=1S/C13H14N2O2/c1-8-4-11(16)7-12(5-8)17-13-14-9(2)6-10(3)15-13/h4-7,16H,1-3H3. The Morgan fingerprint density at radius 3 is 2.18 bits per heavy atom. The third-order valence-electron chi connectivity index (χ3n) is 2.21. The van der Waals surface area contributed by atoms with E-state index in [-0.39, 0.29) is 5.75 Å². The molecule has 2 rings (SSSR count). The zero-order valence-electron chi connectivity index (χ0n) is 10.1. The maximum absolute atomic E-state index is 9.46. The Hall–Kier alpha value is -2.10. The number of phenols is 1. The van der Waals surface area contributed by atoms with Crippen LogP contribution in [0.5, 0.6) is 17.5 Å². The van der Waals surface area contributed by atoms with Crippen molar-refractivity contribution in [2.24, 2.45) is 0 Å². The summed E-state index contributed by atoms with van der Waals surface area (Å²) in [6, 6.07) is 7.19. The van der Waals surface area contributed by atoms with Crippen molar-refractivity contribution in [2.75, 3.05) is 0 Å². The molecule has 0 atom stereocenters. The topological polar surface area (TPSA) is 55.2 Å². The molecule has 0 amide bonds. The van der Waals surface area contributed by atoms with Crippen LogP contribution in [0, 0.1) is 20.8 Å². The van der Waals surface area contributed by atoms with Crippen LogP contribution in [0.2, 0.25) is 0 Å². The number of aromatic hydroxyl groups is 1. The maximum atomic E-state index is 9.46. The smallest absolute Gasteiger partial charge is 0.322 e. The molecule has 0 aliphatic rings. The van der Waals surface area contributed by atoms with Gasteiger partial charge in [-0.15, -0.1) is 0 Å². The van der Waals surface area contributed by atoms with E-state index >= 15 is 0 Å². The molecule has 88 valence electrons. The predicted molar refractivity (Wildman–Crippen MR) is 64.4 cm³/mol. The molecule has 0 aliphatic heterocycles. The van der Waals surface area contributed by atoms with Crippen LogP contribution in [0.1, 0.15) is 17.0 Å². The van der Waals surface area contributed by atoms with Crippen LogP contribution < -0.4 is 4.74 Å². The van der Waals surface area contributed by atoms with Crippen LogP contribution in [0.25, 0.3) is 0 Å². The first-order valence-corrected chi connectivity index (χ1v) is 5.34. The molecule has 0 saturated heterocycles. The van der Waals surface area contributed by atoms with Crippen LogP contribution in [0.15, 0.2) is 24.3 Å². The van der Waals surface area contributed by atoms with E-state index in [9.17, 15) is 5.11 Å². The molecule has 1 aromatic carbocycles. The Bertz CT molecular complexity index is 463. The number of hydrogen-bond acceptors (Lipinski definition) is 4. The minimum atomic E-state index is 0.171. The Morgan fingerprint density at radius 2 is 1.59 bits per heavy atom. The molecule has 2 aromatic rings. The van der Waals surface area contributed by atoms with E-state index in [4.69, 9.17) is 4.74 Å². The lowest BCUT2D eigenvalue weighted by atomic mass is 10.2. The first-order valence-electron chi connectivity index (χ1n) is 5.34. The van der Waals surface area contributed by atoms with Crippen molar-refractivity contribution in [2.45, 2.75) is 20.8 Å². The number of benzene rings is 1. The van der Waals surface area contributed by atoms with Crippen molar-refractivity contribution in [1.82, 2.24) is 9.97 Å². The van der Waals surface area contributed by atoms with Gasteiger partial charge in [-0.1, -0.05) is 0 Å². The molecule has 4 heteroatoms. The lowest BCUT2D eigenvalue weighted by Gasteiger charge is -2.06. The Labute approximate surface area is 99.9 Å². The lowest BCUT2D eigenvalue weighted by molar-refractivity contribution is 0.428. The highest BCUT2D eigenvalue weighted by atomic mass is 16.5. The van der Waals surface area contributed by atoms with E-state index in [1.165, 1.54) is 6.07 Å². The summed E-state index contributed by atoms with van der Waals surface area (Å²) in [7, 11) is 0. The van der Waals surface area contributed by atoms with Crippen LogP contribution in [-0.2, 0) is 0 Å². The minimum Gasteiger partial charge on any atom is -0.508 e. The van der Waals surface area contributed by atoms with E-state index < -0.39 is 0 Å². The molecule has 4 nitrogen and oxygen atoms in total. The molecule has 0 spiro atoms. The fourth-order valence-electron chi connectivity index (χ4n) is 1.63. The Kier molecular flexibility index (Phi) is 2.95. The molecule has 0 bridgehead atoms. The SMILES string of the molecule is Cc1cc(O)cc(Oc2nc(C)cc(C)n2)c1. The Balaban J connectivity index is 2.31. The van der Waals surface area contributed by atoms with Gasteiger partial charge >= 0.3 is 6.01 Å². The number of aromatic nitrogens is 2. The second-order valence-corrected chi connectivity index (χ2v) is 4.04. The van der Waals surface area contributed by atoms with E-state index in [0.717, 1.165) is 17.0 Å². The number of aryl methyl sites for hydroxylation is 3. The van der Waals surface area contributed by atoms with Crippen LogP contribution >= 0.6 is 0 Å². The maximum Gasteiger partial charge on any atom is 0.322 e. The van der Waals surface area contributed by atoms with Gasteiger partial charge < -0.3 is 9.84 Å². The van der Waals surface area contributed by atoms with Gasteiger partial charge in [-0.05, 0) is 44.5 Å². The van der Waals surface area contributed by atoms with Gasteiger partial charge in [0, 0.05) is 17.5 Å². The summed E-state index contributed by atoms with van der Waals surface area (Å²) in [5, 5.41) is 9.46. The third-order valence-corrected chi connectivity index (χ3v) is 2.21. The van der Waals surface area contributed by atoms with Crippen LogP contribution in [0.4, 0.5) is 0 Å².